The second-order valence-electron chi connectivity index (χ2n) is 6.46. The molecule has 0 spiro atoms. The first-order valence-electron chi connectivity index (χ1n) is 8.69. The molecule has 2 aromatic carbocycles. The Morgan fingerprint density at radius 3 is 2.55 bits per heavy atom. The number of aryl methyl sites for hydroxylation is 2. The number of carbonyl (C=O) groups is 1. The largest absolute Gasteiger partial charge is 0.442 e. The molecule has 0 aliphatic rings. The molecule has 2 N–H and O–H groups in total. The molecule has 1 amide bonds. The standard InChI is InChI=1S/C19H18N4O5S/c1-11-4-6-14(7-5-11)22-18(19(25)28-21-22)29-13(3)17(24)20-16-9-8-15(23(26)27)10-12(16)2/h4-10,13H,1-3H3,(H-,20,21,24,25)/p+1. The molecule has 29 heavy (non-hydrogen) atoms. The fourth-order valence-corrected chi connectivity index (χ4v) is 3.47. The van der Waals surface area contributed by atoms with Crippen LogP contribution in [-0.4, -0.2) is 21.4 Å². The molecule has 0 radical (unpaired) electrons. The first-order valence-corrected chi connectivity index (χ1v) is 9.57. The number of H-pyrrole nitrogens is 1. The van der Waals surface area contributed by atoms with Crippen molar-refractivity contribution >= 4 is 29.0 Å². The summed E-state index contributed by atoms with van der Waals surface area (Å²) < 4.78 is 6.38. The Morgan fingerprint density at radius 2 is 1.93 bits per heavy atom. The average Bonchev–Trinajstić information content (AvgIpc) is 3.04. The molecule has 0 fully saturated rings. The van der Waals surface area contributed by atoms with E-state index in [1.54, 1.807) is 13.8 Å². The summed E-state index contributed by atoms with van der Waals surface area (Å²) in [7, 11) is 0. The second-order valence-corrected chi connectivity index (χ2v) is 7.79. The van der Waals surface area contributed by atoms with E-state index in [9.17, 15) is 19.7 Å². The van der Waals surface area contributed by atoms with Gasteiger partial charge in [0.15, 0.2) is 0 Å². The Bertz CT molecular complexity index is 1120. The van der Waals surface area contributed by atoms with Crippen molar-refractivity contribution in [3.05, 3.63) is 74.1 Å². The molecule has 1 aromatic heterocycles. The number of aromatic amines is 1. The highest BCUT2D eigenvalue weighted by atomic mass is 32.2. The number of benzene rings is 2. The van der Waals surface area contributed by atoms with Gasteiger partial charge in [-0.2, -0.15) is 0 Å². The first-order chi connectivity index (χ1) is 13.8. The van der Waals surface area contributed by atoms with Gasteiger partial charge in [-0.15, -0.1) is 0 Å². The molecule has 0 aliphatic heterocycles. The number of carbonyl (C=O) groups excluding carboxylic acids is 1. The monoisotopic (exact) mass is 415 g/mol. The van der Waals surface area contributed by atoms with Crippen molar-refractivity contribution in [3.63, 3.8) is 0 Å². The number of amides is 1. The number of hydrogen-bond acceptors (Lipinski definition) is 6. The van der Waals surface area contributed by atoms with E-state index < -0.39 is 15.8 Å². The third-order valence-electron chi connectivity index (χ3n) is 4.24. The Morgan fingerprint density at radius 1 is 1.24 bits per heavy atom. The van der Waals surface area contributed by atoms with Gasteiger partial charge in [0.25, 0.3) is 5.69 Å². The molecular weight excluding hydrogens is 396 g/mol. The molecule has 1 unspecified atom stereocenters. The van der Waals surface area contributed by atoms with Crippen molar-refractivity contribution in [2.75, 3.05) is 5.32 Å². The van der Waals surface area contributed by atoms with Gasteiger partial charge in [-0.25, -0.2) is 4.79 Å². The van der Waals surface area contributed by atoms with Gasteiger partial charge >= 0.3 is 10.7 Å². The van der Waals surface area contributed by atoms with Gasteiger partial charge in [0, 0.05) is 30.0 Å². The van der Waals surface area contributed by atoms with Gasteiger partial charge in [0.1, 0.15) is 0 Å². The normalized spacial score (nSPS) is 11.8. The van der Waals surface area contributed by atoms with E-state index >= 15 is 0 Å². The lowest BCUT2D eigenvalue weighted by Gasteiger charge is -2.11. The van der Waals surface area contributed by atoms with Crippen molar-refractivity contribution in [1.29, 1.82) is 0 Å². The Labute approximate surface area is 169 Å². The summed E-state index contributed by atoms with van der Waals surface area (Å²) in [5, 5.41) is 15.7. The lowest BCUT2D eigenvalue weighted by Crippen LogP contribution is -2.37. The Hall–Kier alpha value is -3.40. The van der Waals surface area contributed by atoms with E-state index in [2.05, 4.69) is 10.6 Å². The molecule has 10 heteroatoms. The van der Waals surface area contributed by atoms with Crippen LogP contribution in [0.5, 0.6) is 0 Å². The van der Waals surface area contributed by atoms with E-state index in [4.69, 9.17) is 4.52 Å². The van der Waals surface area contributed by atoms with E-state index in [0.29, 0.717) is 16.9 Å². The number of non-ortho nitro benzene ring substituents is 1. The van der Waals surface area contributed by atoms with Crippen LogP contribution < -0.4 is 15.6 Å². The minimum absolute atomic E-state index is 0.0491. The number of nitro benzene ring substituents is 1. The van der Waals surface area contributed by atoms with Gasteiger partial charge in [-0.3, -0.25) is 19.4 Å². The van der Waals surface area contributed by atoms with Gasteiger partial charge in [-0.1, -0.05) is 17.7 Å². The lowest BCUT2D eigenvalue weighted by molar-refractivity contribution is -0.704. The summed E-state index contributed by atoms with van der Waals surface area (Å²) in [5.74, 6) is -0.344. The molecular formula is C19H19N4O5S+. The lowest BCUT2D eigenvalue weighted by atomic mass is 10.2. The molecule has 3 rings (SSSR count). The Kier molecular flexibility index (Phi) is 5.83. The highest BCUT2D eigenvalue weighted by molar-refractivity contribution is 8.00. The summed E-state index contributed by atoms with van der Waals surface area (Å²) in [4.78, 5) is 35.1. The smallest absolute Gasteiger partial charge is 0.325 e. The first kappa shape index (κ1) is 20.3. The number of nitrogens with zero attached hydrogens (tertiary/aromatic N) is 2. The van der Waals surface area contributed by atoms with Gasteiger partial charge in [0.2, 0.25) is 11.6 Å². The summed E-state index contributed by atoms with van der Waals surface area (Å²) in [6, 6.07) is 11.7. The number of thioether (sulfide) groups is 1. The third-order valence-corrected chi connectivity index (χ3v) is 5.38. The predicted molar refractivity (Wildman–Crippen MR) is 107 cm³/mol. The van der Waals surface area contributed by atoms with Gasteiger partial charge < -0.3 is 5.32 Å². The molecule has 150 valence electrons. The van der Waals surface area contributed by atoms with Crippen LogP contribution in [0.25, 0.3) is 5.69 Å². The maximum atomic E-state index is 12.6. The number of aromatic nitrogens is 2. The van der Waals surface area contributed by atoms with E-state index in [1.807, 2.05) is 31.2 Å². The van der Waals surface area contributed by atoms with Crippen LogP contribution >= 0.6 is 11.8 Å². The molecule has 9 nitrogen and oxygen atoms in total. The number of rotatable bonds is 6. The average molecular weight is 415 g/mol. The van der Waals surface area contributed by atoms with Crippen LogP contribution in [0.15, 0.2) is 56.8 Å². The third kappa shape index (κ3) is 4.54. The summed E-state index contributed by atoms with van der Waals surface area (Å²) in [6.07, 6.45) is 0. The highest BCUT2D eigenvalue weighted by Crippen LogP contribution is 2.24. The van der Waals surface area contributed by atoms with Gasteiger partial charge in [-0.05, 0) is 54.1 Å². The van der Waals surface area contributed by atoms with Crippen LogP contribution in [-0.2, 0) is 4.79 Å². The summed E-state index contributed by atoms with van der Waals surface area (Å²) >= 11 is 1.05. The highest BCUT2D eigenvalue weighted by Gasteiger charge is 2.29. The van der Waals surface area contributed by atoms with Crippen LogP contribution in [0.2, 0.25) is 0 Å². The summed E-state index contributed by atoms with van der Waals surface area (Å²) in [6.45, 7) is 5.29. The molecule has 1 heterocycles. The minimum atomic E-state index is -0.625. The van der Waals surface area contributed by atoms with Crippen molar-refractivity contribution in [1.82, 2.24) is 5.27 Å². The van der Waals surface area contributed by atoms with Crippen LogP contribution in [0, 0.1) is 24.0 Å². The fourth-order valence-electron chi connectivity index (χ4n) is 2.59. The van der Waals surface area contributed by atoms with Crippen LogP contribution in [0.1, 0.15) is 18.1 Å². The zero-order valence-electron chi connectivity index (χ0n) is 16.0. The zero-order chi connectivity index (χ0) is 21.1. The number of nitro groups is 1. The molecule has 1 atom stereocenters. The second kappa shape index (κ2) is 8.31. The van der Waals surface area contributed by atoms with Crippen LogP contribution in [0.3, 0.4) is 0 Å². The van der Waals surface area contributed by atoms with Crippen molar-refractivity contribution < 1.29 is 18.9 Å². The molecule has 0 bridgehead atoms. The molecule has 0 saturated carbocycles. The van der Waals surface area contributed by atoms with Crippen molar-refractivity contribution in [2.24, 2.45) is 0 Å². The van der Waals surface area contributed by atoms with E-state index in [-0.39, 0.29) is 16.6 Å². The number of hydrogen-bond donors (Lipinski definition) is 2. The van der Waals surface area contributed by atoms with Crippen molar-refractivity contribution in [3.8, 4) is 5.69 Å². The van der Waals surface area contributed by atoms with Crippen LogP contribution in [0.4, 0.5) is 11.4 Å². The summed E-state index contributed by atoms with van der Waals surface area (Å²) in [5.41, 5.74) is 2.18. The SMILES string of the molecule is Cc1ccc(-[n+]2[nH]oc(=O)c2SC(C)C(=O)Nc2ccc([N+](=O)[O-])cc2C)cc1. The molecule has 0 saturated heterocycles. The van der Waals surface area contributed by atoms with Crippen molar-refractivity contribution in [2.45, 2.75) is 31.0 Å². The maximum absolute atomic E-state index is 12.6. The van der Waals surface area contributed by atoms with Gasteiger partial charge in [0.05, 0.1) is 10.2 Å². The number of anilines is 1. The van der Waals surface area contributed by atoms with E-state index in [1.165, 1.54) is 22.9 Å². The maximum Gasteiger partial charge on any atom is 0.442 e. The zero-order valence-corrected chi connectivity index (χ0v) is 16.8. The topological polar surface area (TPSA) is 122 Å². The predicted octanol–water partition coefficient (Wildman–Crippen LogP) is 2.89. The fraction of sp³-hybridized carbons (Fsp3) is 0.211. The van der Waals surface area contributed by atoms with E-state index in [0.717, 1.165) is 17.3 Å². The molecule has 3 aromatic rings. The number of nitrogens with one attached hydrogen (secondary N) is 2. The Balaban J connectivity index is 1.77. The minimum Gasteiger partial charge on any atom is -0.325 e. The quantitative estimate of drug-likeness (QED) is 0.276. The molecule has 0 aliphatic carbocycles.